The monoisotopic (exact) mass is 606 g/mol. The van der Waals surface area contributed by atoms with E-state index in [1.54, 1.807) is 83.5 Å². The summed E-state index contributed by atoms with van der Waals surface area (Å²) in [5.74, 6) is 0. The van der Waals surface area contributed by atoms with E-state index in [4.69, 9.17) is 0 Å². The van der Waals surface area contributed by atoms with E-state index in [0.717, 1.165) is 11.1 Å². The molecule has 0 fully saturated rings. The van der Waals surface area contributed by atoms with Gasteiger partial charge in [0.05, 0.1) is 12.7 Å². The zero-order chi connectivity index (χ0) is 21.9. The van der Waals surface area contributed by atoms with E-state index >= 15 is 0 Å². The summed E-state index contributed by atoms with van der Waals surface area (Å²) in [7, 11) is 0. The third kappa shape index (κ3) is 19.4. The van der Waals surface area contributed by atoms with Gasteiger partial charge in [-0.2, -0.15) is 0 Å². The number of hydrogen-bond donors (Lipinski definition) is 0. The molecule has 0 aromatic carbocycles. The zero-order valence-corrected chi connectivity index (χ0v) is 25.7. The van der Waals surface area contributed by atoms with Gasteiger partial charge in [0.2, 0.25) is 0 Å². The summed E-state index contributed by atoms with van der Waals surface area (Å²) in [4.78, 5) is 15.3. The Hall–Kier alpha value is -2.11. The van der Waals surface area contributed by atoms with Crippen LogP contribution in [0.2, 0.25) is 0 Å². The number of hydrogen-bond acceptors (Lipinski definition) is 4. The topological polar surface area (TPSA) is 61.4 Å². The van der Waals surface area contributed by atoms with Crippen molar-refractivity contribution >= 4 is 24.6 Å². The van der Waals surface area contributed by atoms with Crippen LogP contribution in [0.5, 0.6) is 0 Å². The Morgan fingerprint density at radius 3 is 1.00 bits per heavy atom. The molecule has 4 aromatic heterocycles. The van der Waals surface area contributed by atoms with E-state index in [9.17, 15) is 0 Å². The van der Waals surface area contributed by atoms with Gasteiger partial charge in [-0.3, -0.25) is 9.97 Å². The summed E-state index contributed by atoms with van der Waals surface area (Å²) in [6, 6.07) is 7.64. The van der Waals surface area contributed by atoms with Crippen molar-refractivity contribution in [1.82, 2.24) is 29.1 Å². The first-order chi connectivity index (χ1) is 14.7. The molecule has 0 saturated carbocycles. The molecule has 0 atom stereocenters. The van der Waals surface area contributed by atoms with Gasteiger partial charge in [0.25, 0.3) is 0 Å². The molecule has 6 nitrogen and oxygen atoms in total. The number of nitrogens with zero attached hydrogens (tertiary/aromatic N) is 6. The molecular weight excluding hydrogens is 574 g/mol. The molecule has 0 amide bonds. The molecule has 2 radical (unpaired) electrons. The molecule has 0 bridgehead atoms. The van der Waals surface area contributed by atoms with Crippen LogP contribution >= 0.6 is 0 Å². The molecular formula is C26H32N6Y2-2. The molecule has 4 aromatic rings. The summed E-state index contributed by atoms with van der Waals surface area (Å²) >= 11 is 0. The van der Waals surface area contributed by atoms with Crippen LogP contribution in [0.15, 0.2) is 113 Å². The maximum atomic E-state index is 3.85. The number of rotatable bonds is 4. The van der Waals surface area contributed by atoms with Crippen molar-refractivity contribution in [3.63, 3.8) is 0 Å². The average molecular weight is 606 g/mol. The van der Waals surface area contributed by atoms with Crippen LogP contribution in [0.3, 0.4) is 0 Å². The van der Waals surface area contributed by atoms with Crippen molar-refractivity contribution in [2.24, 2.45) is 0 Å². The first kappa shape index (κ1) is 39.1. The molecule has 4 rings (SSSR count). The van der Waals surface area contributed by atoms with Crippen LogP contribution in [-0.2, 0) is 65.4 Å². The van der Waals surface area contributed by atoms with Gasteiger partial charge in [-0.25, -0.2) is 9.97 Å². The van der Waals surface area contributed by atoms with Crippen molar-refractivity contribution in [2.75, 3.05) is 0 Å². The molecule has 0 aliphatic rings. The maximum Gasteiger partial charge on any atom is 0.0986 e. The Bertz CT molecular complexity index is 873. The van der Waals surface area contributed by atoms with Crippen LogP contribution in [0, 0.1) is 14.9 Å². The van der Waals surface area contributed by atoms with E-state index in [0.29, 0.717) is 0 Å². The predicted octanol–water partition coefficient (Wildman–Crippen LogP) is 6.31. The first-order valence-corrected chi connectivity index (χ1v) is 8.98. The smallest absolute Gasteiger partial charge is 0.0986 e. The van der Waals surface area contributed by atoms with Crippen molar-refractivity contribution in [2.45, 2.75) is 0 Å². The minimum absolute atomic E-state index is 0. The number of pyridine rings is 2. The SMILES string of the molecule is C=Cc1ccncc1.C=Cc1ccncc1.C=Cn1ccnc1.C=Cn1ccnc1.[CH3-].[CH3-].[Y].[Y]. The third-order valence-electron chi connectivity index (χ3n) is 3.35. The van der Waals surface area contributed by atoms with Gasteiger partial charge in [0.15, 0.2) is 0 Å². The van der Waals surface area contributed by atoms with Gasteiger partial charge in [-0.15, -0.1) is 0 Å². The zero-order valence-electron chi connectivity index (χ0n) is 20.1. The first-order valence-electron chi connectivity index (χ1n) is 8.98. The molecule has 0 aliphatic carbocycles. The Balaban J connectivity index is -0.000000170. The Labute approximate surface area is 255 Å². The fourth-order valence-electron chi connectivity index (χ4n) is 1.75. The predicted molar refractivity (Wildman–Crippen MR) is 139 cm³/mol. The molecule has 4 heterocycles. The number of aromatic nitrogens is 6. The molecule has 0 spiro atoms. The largest absolute Gasteiger partial charge is 0.358 e. The molecule has 0 saturated heterocycles. The third-order valence-corrected chi connectivity index (χ3v) is 3.35. The van der Waals surface area contributed by atoms with Gasteiger partial charge in [-0.05, 0) is 35.4 Å². The fraction of sp³-hybridized carbons (Fsp3) is 0. The molecule has 8 heteroatoms. The standard InChI is InChI=1S/2C7H7N.2C5H6N2.2CH3.2Y/c2*1-2-7-3-5-8-6-4-7;2*1-2-7-4-3-6-5-7;;;;/h2*2-6H,1H2;2*2-5H,1H2;2*1H3;;/q;;;;2*-1;;. The second-order valence-electron chi connectivity index (χ2n) is 5.35. The second kappa shape index (κ2) is 27.1. The molecule has 34 heavy (non-hydrogen) atoms. The Morgan fingerprint density at radius 1 is 0.529 bits per heavy atom. The summed E-state index contributed by atoms with van der Waals surface area (Å²) in [5, 5.41) is 0. The molecule has 0 N–H and O–H groups in total. The van der Waals surface area contributed by atoms with Crippen LogP contribution in [0.1, 0.15) is 11.1 Å². The van der Waals surface area contributed by atoms with E-state index in [1.807, 2.05) is 36.7 Å². The second-order valence-corrected chi connectivity index (χ2v) is 5.35. The van der Waals surface area contributed by atoms with E-state index in [-0.39, 0.29) is 80.3 Å². The quantitative estimate of drug-likeness (QED) is 0.256. The minimum Gasteiger partial charge on any atom is -0.358 e. The van der Waals surface area contributed by atoms with Gasteiger partial charge in [0, 0.05) is 127 Å². The van der Waals surface area contributed by atoms with E-state index < -0.39 is 0 Å². The van der Waals surface area contributed by atoms with Crippen molar-refractivity contribution in [3.05, 3.63) is 139 Å². The minimum atomic E-state index is 0. The van der Waals surface area contributed by atoms with Crippen molar-refractivity contribution in [1.29, 1.82) is 0 Å². The van der Waals surface area contributed by atoms with E-state index in [1.165, 1.54) is 0 Å². The van der Waals surface area contributed by atoms with E-state index in [2.05, 4.69) is 46.3 Å². The normalized spacial score (nSPS) is 7.53. The molecule has 174 valence electrons. The Kier molecular flexibility index (Phi) is 31.2. The van der Waals surface area contributed by atoms with Crippen molar-refractivity contribution < 1.29 is 65.4 Å². The van der Waals surface area contributed by atoms with Crippen LogP contribution < -0.4 is 0 Å². The van der Waals surface area contributed by atoms with Crippen LogP contribution in [-0.4, -0.2) is 29.1 Å². The summed E-state index contributed by atoms with van der Waals surface area (Å²) < 4.78 is 3.56. The maximum absolute atomic E-state index is 3.85. The average Bonchev–Trinajstić information content (AvgIpc) is 3.55. The molecule has 0 aliphatic heterocycles. The van der Waals surface area contributed by atoms with Crippen LogP contribution in [0.25, 0.3) is 24.6 Å². The van der Waals surface area contributed by atoms with Gasteiger partial charge in [-0.1, -0.05) is 38.5 Å². The Morgan fingerprint density at radius 2 is 0.853 bits per heavy atom. The van der Waals surface area contributed by atoms with Crippen molar-refractivity contribution in [3.8, 4) is 0 Å². The van der Waals surface area contributed by atoms with Crippen LogP contribution in [0.4, 0.5) is 0 Å². The number of imidazole rings is 2. The van der Waals surface area contributed by atoms with Gasteiger partial charge < -0.3 is 24.0 Å². The fourth-order valence-corrected chi connectivity index (χ4v) is 1.75. The summed E-state index contributed by atoms with van der Waals surface area (Å²) in [6.07, 6.45) is 24.4. The summed E-state index contributed by atoms with van der Waals surface area (Å²) in [6.45, 7) is 14.3. The molecule has 0 unspecified atom stereocenters. The van der Waals surface area contributed by atoms with Gasteiger partial charge >= 0.3 is 0 Å². The van der Waals surface area contributed by atoms with Gasteiger partial charge in [0.1, 0.15) is 0 Å². The summed E-state index contributed by atoms with van der Waals surface area (Å²) in [5.41, 5.74) is 2.22.